The van der Waals surface area contributed by atoms with Gasteiger partial charge < -0.3 is 4.90 Å². The topological polar surface area (TPSA) is 20.3 Å². The van der Waals surface area contributed by atoms with Crippen molar-refractivity contribution in [2.45, 2.75) is 71.6 Å². The fourth-order valence-corrected chi connectivity index (χ4v) is 3.31. The number of rotatable bonds is 12. The molecule has 0 aromatic heterocycles. The van der Waals surface area contributed by atoms with E-state index in [9.17, 15) is 4.79 Å². The third-order valence-corrected chi connectivity index (χ3v) is 5.27. The summed E-state index contributed by atoms with van der Waals surface area (Å²) in [4.78, 5) is 14.8. The molecule has 2 nitrogen and oxygen atoms in total. The van der Waals surface area contributed by atoms with Gasteiger partial charge in [-0.1, -0.05) is 70.6 Å². The van der Waals surface area contributed by atoms with Crippen LogP contribution < -0.4 is 0 Å². The number of nitrogens with zero attached hydrogens (tertiary/aromatic N) is 1. The number of benzene rings is 1. The van der Waals surface area contributed by atoms with E-state index in [1.165, 1.54) is 42.1 Å². The molecule has 0 spiro atoms. The molecular formula is C20H32INO. The second-order valence-corrected chi connectivity index (χ2v) is 7.43. The smallest absolute Gasteiger partial charge is 0.227 e. The van der Waals surface area contributed by atoms with Gasteiger partial charge in [0.15, 0.2) is 0 Å². The van der Waals surface area contributed by atoms with Crippen LogP contribution in [0.4, 0.5) is 0 Å². The van der Waals surface area contributed by atoms with Crippen LogP contribution in [-0.4, -0.2) is 23.9 Å². The quantitative estimate of drug-likeness (QED) is 0.303. The summed E-state index contributed by atoms with van der Waals surface area (Å²) >= 11 is 2.33. The standard InChI is InChI=1S/C20H32INO/c1-3-5-7-11-15-22(16-12-8-6-4-2)20(23)17-18-13-9-10-14-19(18)21/h9-10,13-14H,3-8,11-12,15-17H2,1-2H3. The Hall–Kier alpha value is -0.580. The minimum atomic E-state index is 0.294. The zero-order chi connectivity index (χ0) is 16.9. The first kappa shape index (κ1) is 20.5. The van der Waals surface area contributed by atoms with E-state index in [2.05, 4.69) is 53.5 Å². The van der Waals surface area contributed by atoms with Crippen LogP contribution in [0, 0.1) is 3.57 Å². The van der Waals surface area contributed by atoms with Crippen molar-refractivity contribution in [2.24, 2.45) is 0 Å². The molecule has 3 heteroatoms. The summed E-state index contributed by atoms with van der Waals surface area (Å²) in [5.74, 6) is 0.294. The molecule has 0 N–H and O–H groups in total. The van der Waals surface area contributed by atoms with Crippen molar-refractivity contribution in [1.29, 1.82) is 0 Å². The molecule has 0 aliphatic heterocycles. The summed E-state index contributed by atoms with van der Waals surface area (Å²) in [6, 6.07) is 8.21. The first-order valence-electron chi connectivity index (χ1n) is 9.20. The van der Waals surface area contributed by atoms with Gasteiger partial charge in [0.1, 0.15) is 0 Å². The van der Waals surface area contributed by atoms with Gasteiger partial charge in [0, 0.05) is 16.7 Å². The highest BCUT2D eigenvalue weighted by Gasteiger charge is 2.14. The van der Waals surface area contributed by atoms with Crippen LogP contribution in [0.15, 0.2) is 24.3 Å². The van der Waals surface area contributed by atoms with E-state index >= 15 is 0 Å². The second kappa shape index (κ2) is 12.8. The van der Waals surface area contributed by atoms with Gasteiger partial charge in [-0.3, -0.25) is 4.79 Å². The normalized spacial score (nSPS) is 10.7. The van der Waals surface area contributed by atoms with E-state index in [0.717, 1.165) is 31.5 Å². The van der Waals surface area contributed by atoms with Gasteiger partial charge in [-0.2, -0.15) is 0 Å². The molecule has 0 saturated carbocycles. The number of carbonyl (C=O) groups is 1. The van der Waals surface area contributed by atoms with E-state index < -0.39 is 0 Å². The molecule has 0 aliphatic rings. The Morgan fingerprint density at radius 1 is 0.913 bits per heavy atom. The van der Waals surface area contributed by atoms with Gasteiger partial charge >= 0.3 is 0 Å². The van der Waals surface area contributed by atoms with E-state index in [1.807, 2.05) is 12.1 Å². The fraction of sp³-hybridized carbons (Fsp3) is 0.650. The highest BCUT2D eigenvalue weighted by molar-refractivity contribution is 14.1. The van der Waals surface area contributed by atoms with E-state index in [1.54, 1.807) is 0 Å². The van der Waals surface area contributed by atoms with E-state index in [4.69, 9.17) is 0 Å². The Morgan fingerprint density at radius 3 is 2.00 bits per heavy atom. The van der Waals surface area contributed by atoms with Crippen LogP contribution >= 0.6 is 22.6 Å². The fourth-order valence-electron chi connectivity index (χ4n) is 2.74. The van der Waals surface area contributed by atoms with Crippen molar-refractivity contribution in [3.05, 3.63) is 33.4 Å². The van der Waals surface area contributed by atoms with Crippen molar-refractivity contribution >= 4 is 28.5 Å². The molecule has 0 aliphatic carbocycles. The van der Waals surface area contributed by atoms with E-state index in [-0.39, 0.29) is 0 Å². The summed E-state index contributed by atoms with van der Waals surface area (Å²) in [7, 11) is 0. The van der Waals surface area contributed by atoms with Crippen LogP contribution in [0.5, 0.6) is 0 Å². The Morgan fingerprint density at radius 2 is 1.48 bits per heavy atom. The lowest BCUT2D eigenvalue weighted by atomic mass is 10.1. The van der Waals surface area contributed by atoms with Crippen LogP contribution in [0.2, 0.25) is 0 Å². The molecule has 0 radical (unpaired) electrons. The van der Waals surface area contributed by atoms with Gasteiger partial charge in [-0.15, -0.1) is 0 Å². The molecular weight excluding hydrogens is 397 g/mol. The highest BCUT2D eigenvalue weighted by Crippen LogP contribution is 2.14. The van der Waals surface area contributed by atoms with Crippen LogP contribution in [0.25, 0.3) is 0 Å². The third kappa shape index (κ3) is 8.73. The highest BCUT2D eigenvalue weighted by atomic mass is 127. The van der Waals surface area contributed by atoms with Crippen molar-refractivity contribution < 1.29 is 4.79 Å². The number of unbranched alkanes of at least 4 members (excludes halogenated alkanes) is 6. The SMILES string of the molecule is CCCCCCN(CCCCCC)C(=O)Cc1ccccc1I. The second-order valence-electron chi connectivity index (χ2n) is 6.27. The van der Waals surface area contributed by atoms with Crippen LogP contribution in [0.3, 0.4) is 0 Å². The van der Waals surface area contributed by atoms with Crippen molar-refractivity contribution in [3.8, 4) is 0 Å². The zero-order valence-corrected chi connectivity index (χ0v) is 17.0. The lowest BCUT2D eigenvalue weighted by Crippen LogP contribution is -2.34. The first-order chi connectivity index (χ1) is 11.2. The Labute approximate surface area is 156 Å². The molecule has 1 aromatic carbocycles. The molecule has 23 heavy (non-hydrogen) atoms. The predicted octanol–water partition coefficient (Wildman–Crippen LogP) is 5.82. The van der Waals surface area contributed by atoms with Gasteiger partial charge in [0.2, 0.25) is 5.91 Å². The molecule has 1 amide bonds. The molecule has 0 atom stereocenters. The minimum absolute atomic E-state index is 0.294. The maximum Gasteiger partial charge on any atom is 0.227 e. The van der Waals surface area contributed by atoms with E-state index in [0.29, 0.717) is 12.3 Å². The molecule has 130 valence electrons. The lowest BCUT2D eigenvalue weighted by Gasteiger charge is -2.23. The summed E-state index contributed by atoms with van der Waals surface area (Å²) < 4.78 is 1.19. The molecule has 0 bridgehead atoms. The molecule has 0 saturated heterocycles. The van der Waals surface area contributed by atoms with Gasteiger partial charge in [-0.05, 0) is 47.1 Å². The molecule has 0 heterocycles. The summed E-state index contributed by atoms with van der Waals surface area (Å²) in [5, 5.41) is 0. The van der Waals surface area contributed by atoms with Gasteiger partial charge in [0.05, 0.1) is 6.42 Å². The monoisotopic (exact) mass is 429 g/mol. The number of halogens is 1. The zero-order valence-electron chi connectivity index (χ0n) is 14.8. The first-order valence-corrected chi connectivity index (χ1v) is 10.3. The molecule has 0 fully saturated rings. The summed E-state index contributed by atoms with van der Waals surface area (Å²) in [5.41, 5.74) is 1.16. The average Bonchev–Trinajstić information content (AvgIpc) is 2.55. The maximum absolute atomic E-state index is 12.7. The van der Waals surface area contributed by atoms with Crippen molar-refractivity contribution in [2.75, 3.05) is 13.1 Å². The van der Waals surface area contributed by atoms with Gasteiger partial charge in [0.25, 0.3) is 0 Å². The largest absolute Gasteiger partial charge is 0.342 e. The molecule has 0 unspecified atom stereocenters. The maximum atomic E-state index is 12.7. The predicted molar refractivity (Wildman–Crippen MR) is 108 cm³/mol. The van der Waals surface area contributed by atoms with Crippen molar-refractivity contribution in [1.82, 2.24) is 4.90 Å². The average molecular weight is 429 g/mol. The van der Waals surface area contributed by atoms with Gasteiger partial charge in [-0.25, -0.2) is 0 Å². The van der Waals surface area contributed by atoms with Crippen LogP contribution in [-0.2, 0) is 11.2 Å². The summed E-state index contributed by atoms with van der Waals surface area (Å²) in [6.07, 6.45) is 10.3. The number of hydrogen-bond acceptors (Lipinski definition) is 1. The molecule has 1 aromatic rings. The number of amides is 1. The number of hydrogen-bond donors (Lipinski definition) is 0. The Balaban J connectivity index is 2.53. The Bertz CT molecular complexity index is 435. The minimum Gasteiger partial charge on any atom is -0.342 e. The molecule has 1 rings (SSSR count). The Kier molecular flexibility index (Phi) is 11.4. The number of carbonyl (C=O) groups excluding carboxylic acids is 1. The summed E-state index contributed by atoms with van der Waals surface area (Å²) in [6.45, 7) is 6.30. The third-order valence-electron chi connectivity index (χ3n) is 4.22. The lowest BCUT2D eigenvalue weighted by molar-refractivity contribution is -0.130. The van der Waals surface area contributed by atoms with Crippen LogP contribution in [0.1, 0.15) is 70.8 Å². The van der Waals surface area contributed by atoms with Crippen molar-refractivity contribution in [3.63, 3.8) is 0 Å².